The van der Waals surface area contributed by atoms with Crippen LogP contribution in [0.3, 0.4) is 0 Å². The maximum atomic E-state index is 13.7. The van der Waals surface area contributed by atoms with Gasteiger partial charge < -0.3 is 24.0 Å². The van der Waals surface area contributed by atoms with Crippen molar-refractivity contribution in [3.63, 3.8) is 0 Å². The van der Waals surface area contributed by atoms with Gasteiger partial charge in [-0.2, -0.15) is 0 Å². The molecular weight excluding hydrogens is 690 g/mol. The molecule has 0 radical (unpaired) electrons. The van der Waals surface area contributed by atoms with Crippen LogP contribution < -0.4 is 14.4 Å². The Hall–Kier alpha value is -2.86. The van der Waals surface area contributed by atoms with Crippen molar-refractivity contribution in [3.8, 4) is 5.75 Å². The summed E-state index contributed by atoms with van der Waals surface area (Å²) in [4.78, 5) is 31.2. The molecule has 0 saturated heterocycles. The predicted molar refractivity (Wildman–Crippen MR) is 202 cm³/mol. The van der Waals surface area contributed by atoms with Gasteiger partial charge in [0.25, 0.3) is 5.91 Å². The van der Waals surface area contributed by atoms with E-state index in [0.29, 0.717) is 45.0 Å². The second-order valence-corrected chi connectivity index (χ2v) is 17.8. The minimum Gasteiger partial charge on any atom is -0.490 e. The number of allylic oxidation sites excluding steroid dienone is 4. The van der Waals surface area contributed by atoms with Gasteiger partial charge in [0.2, 0.25) is 15.9 Å². The number of carbonyl (C=O) groups is 2. The van der Waals surface area contributed by atoms with E-state index in [1.54, 1.807) is 51.3 Å². The van der Waals surface area contributed by atoms with Crippen molar-refractivity contribution in [1.29, 1.82) is 0 Å². The van der Waals surface area contributed by atoms with Crippen LogP contribution >= 0.6 is 11.6 Å². The fourth-order valence-corrected chi connectivity index (χ4v) is 9.44. The van der Waals surface area contributed by atoms with E-state index in [9.17, 15) is 18.0 Å². The SMILES string of the molecule is COCCN(C)C(=O)C[C@]1(OC)/C=C/C[C@H](C)[C@@H](C)S(=O)(=O)NC(=O)c2ccc3c(c2)N(CCCCC2C=C(Cl)C=CC2(C)CO3)C[C@@H]2CC[C@H]21. The highest BCUT2D eigenvalue weighted by Gasteiger charge is 2.49. The molecule has 1 fully saturated rings. The van der Waals surface area contributed by atoms with Crippen LogP contribution in [0.25, 0.3) is 0 Å². The van der Waals surface area contributed by atoms with Crippen molar-refractivity contribution in [3.05, 3.63) is 59.2 Å². The Labute approximate surface area is 309 Å². The minimum atomic E-state index is -4.01. The van der Waals surface area contributed by atoms with E-state index >= 15 is 0 Å². The summed E-state index contributed by atoms with van der Waals surface area (Å²) >= 11 is 6.46. The normalized spacial score (nSPS) is 33.2. The number of sulfonamides is 1. The molecule has 2 bridgehead atoms. The fraction of sp³-hybridized carbons (Fsp3) is 0.641. The monoisotopic (exact) mass is 745 g/mol. The van der Waals surface area contributed by atoms with Crippen LogP contribution in [0.4, 0.5) is 5.69 Å². The van der Waals surface area contributed by atoms with E-state index in [0.717, 1.165) is 42.8 Å². The number of fused-ring (bicyclic) bond motifs is 3. The lowest BCUT2D eigenvalue weighted by molar-refractivity contribution is -0.142. The number of methoxy groups -OCH3 is 2. The zero-order chi connectivity index (χ0) is 37.0. The van der Waals surface area contributed by atoms with Gasteiger partial charge in [-0.05, 0) is 87.0 Å². The number of carbonyl (C=O) groups excluding carboxylic acids is 2. The van der Waals surface area contributed by atoms with Crippen LogP contribution in [0.5, 0.6) is 5.75 Å². The smallest absolute Gasteiger partial charge is 0.264 e. The summed E-state index contributed by atoms with van der Waals surface area (Å²) in [6, 6.07) is 5.21. The lowest BCUT2D eigenvalue weighted by Crippen LogP contribution is -2.53. The molecule has 282 valence electrons. The third-order valence-corrected chi connectivity index (χ3v) is 14.1. The summed E-state index contributed by atoms with van der Waals surface area (Å²) in [5, 5.41) is -0.114. The van der Waals surface area contributed by atoms with Crippen LogP contribution in [-0.2, 0) is 24.3 Å². The largest absolute Gasteiger partial charge is 0.490 e. The molecule has 1 N–H and O–H groups in total. The summed E-state index contributed by atoms with van der Waals surface area (Å²) in [5.41, 5.74) is -0.150. The number of hydrogen-bond acceptors (Lipinski definition) is 8. The van der Waals surface area contributed by atoms with Gasteiger partial charge in [0.05, 0.1) is 36.2 Å². The molecule has 4 aliphatic rings. The van der Waals surface area contributed by atoms with Gasteiger partial charge in [-0.15, -0.1) is 0 Å². The van der Waals surface area contributed by atoms with E-state index in [4.69, 9.17) is 25.8 Å². The summed E-state index contributed by atoms with van der Waals surface area (Å²) in [7, 11) is 1.06. The van der Waals surface area contributed by atoms with Crippen LogP contribution in [0, 0.1) is 29.1 Å². The molecule has 7 atom stereocenters. The number of rotatable bonds is 6. The molecule has 51 heavy (non-hydrogen) atoms. The first-order chi connectivity index (χ1) is 24.2. The lowest BCUT2D eigenvalue weighted by atomic mass is 9.63. The van der Waals surface area contributed by atoms with Crippen molar-refractivity contribution < 1.29 is 32.2 Å². The maximum absolute atomic E-state index is 13.7. The first-order valence-corrected chi connectivity index (χ1v) is 20.2. The number of halogens is 1. The van der Waals surface area contributed by atoms with E-state index in [-0.39, 0.29) is 47.0 Å². The lowest BCUT2D eigenvalue weighted by Gasteiger charge is -2.50. The van der Waals surface area contributed by atoms with E-state index < -0.39 is 26.8 Å². The van der Waals surface area contributed by atoms with Crippen LogP contribution in [0.1, 0.15) is 76.1 Å². The highest BCUT2D eigenvalue weighted by atomic mass is 35.5. The fourth-order valence-electron chi connectivity index (χ4n) is 7.94. The van der Waals surface area contributed by atoms with E-state index in [2.05, 4.69) is 28.7 Å². The molecule has 1 aromatic rings. The van der Waals surface area contributed by atoms with Crippen molar-refractivity contribution in [2.45, 2.75) is 76.6 Å². The molecule has 2 aliphatic heterocycles. The van der Waals surface area contributed by atoms with Gasteiger partial charge >= 0.3 is 0 Å². The van der Waals surface area contributed by atoms with Crippen molar-refractivity contribution >= 4 is 39.1 Å². The van der Waals surface area contributed by atoms with Gasteiger partial charge in [-0.25, -0.2) is 13.1 Å². The van der Waals surface area contributed by atoms with Gasteiger partial charge in [-0.3, -0.25) is 9.59 Å². The molecule has 12 heteroatoms. The molecule has 0 spiro atoms. The topological polar surface area (TPSA) is 114 Å². The van der Waals surface area contributed by atoms with Crippen LogP contribution in [0.2, 0.25) is 0 Å². The molecule has 10 nitrogen and oxygen atoms in total. The molecule has 2 heterocycles. The first kappa shape index (κ1) is 39.3. The second kappa shape index (κ2) is 16.4. The number of benzene rings is 1. The quantitative estimate of drug-likeness (QED) is 0.337. The third kappa shape index (κ3) is 8.86. The highest BCUT2D eigenvalue weighted by Crippen LogP contribution is 2.48. The molecule has 2 unspecified atom stereocenters. The van der Waals surface area contributed by atoms with Gasteiger partial charge in [0.1, 0.15) is 5.75 Å². The number of likely N-dealkylation sites (N-methyl/N-ethyl adjacent to an activating group) is 1. The third-order valence-electron chi connectivity index (χ3n) is 11.9. The average molecular weight is 746 g/mol. The zero-order valence-corrected chi connectivity index (χ0v) is 32.6. The molecule has 2 aliphatic carbocycles. The minimum absolute atomic E-state index is 0.0381. The number of nitrogens with zero attached hydrogens (tertiary/aromatic N) is 2. The molecule has 1 saturated carbocycles. The predicted octanol–water partition coefficient (Wildman–Crippen LogP) is 6.32. The van der Waals surface area contributed by atoms with Gasteiger partial charge in [0, 0.05) is 56.9 Å². The number of nitrogens with one attached hydrogen (secondary N) is 1. The average Bonchev–Trinajstić information content (AvgIpc) is 3.11. The Kier molecular flexibility index (Phi) is 12.7. The Morgan fingerprint density at radius 2 is 1.94 bits per heavy atom. The van der Waals surface area contributed by atoms with E-state index in [1.807, 2.05) is 25.2 Å². The Morgan fingerprint density at radius 1 is 1.16 bits per heavy atom. The van der Waals surface area contributed by atoms with E-state index in [1.165, 1.54) is 0 Å². The standard InChI is InChI=1S/C39H56ClN3O7S/c1-27-10-9-17-39(49-6,24-36(44)42(4)20-21-48-5)33-14-12-30(33)25-43-19-8-7-11-31-23-32(40)16-18-38(31,3)26-50-35-15-13-29(22-34(35)43)37(45)41-51(46,47)28(27)2/h9,13,15-18,22-23,27-28,30-31,33H,7-8,10-12,14,19-21,24-26H2,1-6H3,(H,41,45)/b17-9+/t27-,28+,30-,31?,33+,38?,39+/m0/s1. The van der Waals surface area contributed by atoms with Crippen molar-refractivity contribution in [2.24, 2.45) is 29.1 Å². The number of anilines is 1. The van der Waals surface area contributed by atoms with Crippen molar-refractivity contribution in [1.82, 2.24) is 9.62 Å². The molecule has 1 aromatic carbocycles. The Bertz CT molecular complexity index is 1630. The molecule has 5 rings (SSSR count). The van der Waals surface area contributed by atoms with Crippen molar-refractivity contribution in [2.75, 3.05) is 59.0 Å². The zero-order valence-electron chi connectivity index (χ0n) is 31.0. The second-order valence-electron chi connectivity index (χ2n) is 15.3. The van der Waals surface area contributed by atoms with Crippen LogP contribution in [0.15, 0.2) is 53.6 Å². The number of ether oxygens (including phenoxy) is 3. The summed E-state index contributed by atoms with van der Waals surface area (Å²) < 4.78 is 47.6. The van der Waals surface area contributed by atoms with Gasteiger partial charge in [0.15, 0.2) is 0 Å². The summed E-state index contributed by atoms with van der Waals surface area (Å²) in [6.45, 7) is 8.35. The first-order valence-electron chi connectivity index (χ1n) is 18.3. The highest BCUT2D eigenvalue weighted by molar-refractivity contribution is 7.90. The summed E-state index contributed by atoms with van der Waals surface area (Å²) in [5.74, 6) is 0.0638. The summed E-state index contributed by atoms with van der Waals surface area (Å²) in [6.07, 6.45) is 15.4. The maximum Gasteiger partial charge on any atom is 0.264 e. The molecule has 2 amide bonds. The van der Waals surface area contributed by atoms with Crippen LogP contribution in [-0.4, -0.2) is 90.1 Å². The molecule has 0 aromatic heterocycles. The Morgan fingerprint density at radius 3 is 2.65 bits per heavy atom. The number of amides is 2. The number of hydrogen-bond donors (Lipinski definition) is 1. The Balaban J connectivity index is 1.57. The van der Waals surface area contributed by atoms with Gasteiger partial charge in [-0.1, -0.05) is 56.2 Å². The molecular formula is C39H56ClN3O7S.